The number of amides is 1. The van der Waals surface area contributed by atoms with Crippen LogP contribution >= 0.6 is 0 Å². The molecule has 3 rings (SSSR count). The average Bonchev–Trinajstić information content (AvgIpc) is 2.74. The lowest BCUT2D eigenvalue weighted by Crippen LogP contribution is -2.42. The van der Waals surface area contributed by atoms with Gasteiger partial charge in [-0.2, -0.15) is 0 Å². The summed E-state index contributed by atoms with van der Waals surface area (Å²) in [4.78, 5) is 37.6. The van der Waals surface area contributed by atoms with Crippen LogP contribution in [0.2, 0.25) is 0 Å². The Morgan fingerprint density at radius 2 is 1.62 bits per heavy atom. The number of aryl methyl sites for hydroxylation is 1. The molecular formula is C24H27NO4. The first-order chi connectivity index (χ1) is 14.0. The van der Waals surface area contributed by atoms with Gasteiger partial charge in [0.05, 0.1) is 5.56 Å². The van der Waals surface area contributed by atoms with Crippen LogP contribution in [0.4, 0.5) is 0 Å². The Balaban J connectivity index is 1.64. The molecule has 0 heterocycles. The summed E-state index contributed by atoms with van der Waals surface area (Å²) in [5.74, 6) is -0.804. The van der Waals surface area contributed by atoms with Crippen molar-refractivity contribution in [3.8, 4) is 0 Å². The van der Waals surface area contributed by atoms with Crippen LogP contribution in [0.1, 0.15) is 64.4 Å². The van der Waals surface area contributed by atoms with E-state index in [1.54, 1.807) is 36.4 Å². The zero-order chi connectivity index (χ0) is 20.8. The molecule has 0 bridgehead atoms. The number of rotatable bonds is 6. The van der Waals surface area contributed by atoms with Crippen LogP contribution < -0.4 is 5.32 Å². The molecule has 0 spiro atoms. The molecule has 152 valence electrons. The number of carbonyl (C=O) groups excluding carboxylic acids is 3. The van der Waals surface area contributed by atoms with Crippen LogP contribution in [0.3, 0.4) is 0 Å². The topological polar surface area (TPSA) is 72.5 Å². The largest absolute Gasteiger partial charge is 0.452 e. The fraction of sp³-hybridized carbons (Fsp3) is 0.375. The Bertz CT molecular complexity index is 888. The number of ketones is 1. The van der Waals surface area contributed by atoms with Crippen molar-refractivity contribution in [1.82, 2.24) is 5.32 Å². The molecule has 0 unspecified atom stereocenters. The van der Waals surface area contributed by atoms with Crippen LogP contribution in [0.15, 0.2) is 48.5 Å². The van der Waals surface area contributed by atoms with Gasteiger partial charge in [-0.3, -0.25) is 9.59 Å². The molecule has 1 fully saturated rings. The molecule has 5 nitrogen and oxygen atoms in total. The van der Waals surface area contributed by atoms with E-state index < -0.39 is 5.97 Å². The minimum atomic E-state index is -0.673. The summed E-state index contributed by atoms with van der Waals surface area (Å²) in [5, 5.41) is 2.96. The quantitative estimate of drug-likeness (QED) is 0.593. The van der Waals surface area contributed by atoms with E-state index in [9.17, 15) is 14.4 Å². The van der Waals surface area contributed by atoms with Gasteiger partial charge in [-0.25, -0.2) is 4.79 Å². The van der Waals surface area contributed by atoms with E-state index in [-0.39, 0.29) is 35.5 Å². The van der Waals surface area contributed by atoms with Crippen molar-refractivity contribution < 1.29 is 19.1 Å². The molecule has 1 N–H and O–H groups in total. The second-order valence-corrected chi connectivity index (χ2v) is 7.75. The van der Waals surface area contributed by atoms with Gasteiger partial charge in [-0.15, -0.1) is 0 Å². The Kier molecular flexibility index (Phi) is 6.81. The van der Waals surface area contributed by atoms with Crippen LogP contribution in [0.25, 0.3) is 0 Å². The lowest BCUT2D eigenvalue weighted by molar-refractivity contribution is -0.125. The zero-order valence-corrected chi connectivity index (χ0v) is 16.9. The molecule has 1 aliphatic rings. The molecule has 0 saturated heterocycles. The van der Waals surface area contributed by atoms with Gasteiger partial charge in [0.2, 0.25) is 0 Å². The van der Waals surface area contributed by atoms with Gasteiger partial charge in [0.25, 0.3) is 5.91 Å². The molecular weight excluding hydrogens is 366 g/mol. The Morgan fingerprint density at radius 3 is 2.31 bits per heavy atom. The molecule has 1 aliphatic carbocycles. The second-order valence-electron chi connectivity index (χ2n) is 7.75. The SMILES string of the molecule is Cc1ccc(C(=O)c2ccccc2C(=O)OCC(=O)N[C@H]2CCCC[C@H]2C)cc1. The standard InChI is InChI=1S/C24H27NO4/c1-16-11-13-18(14-12-16)23(27)19-8-4-5-9-20(19)24(28)29-15-22(26)25-21-10-6-3-7-17(21)2/h4-5,8-9,11-14,17,21H,3,6-7,10,15H2,1-2H3,(H,25,26)/t17-,21+/m1/s1. The molecule has 2 aromatic rings. The number of benzene rings is 2. The van der Waals surface area contributed by atoms with E-state index in [4.69, 9.17) is 4.74 Å². The highest BCUT2D eigenvalue weighted by atomic mass is 16.5. The third kappa shape index (κ3) is 5.31. The van der Waals surface area contributed by atoms with Crippen LogP contribution in [-0.2, 0) is 9.53 Å². The van der Waals surface area contributed by atoms with Crippen molar-refractivity contribution in [1.29, 1.82) is 0 Å². The highest BCUT2D eigenvalue weighted by Gasteiger charge is 2.24. The van der Waals surface area contributed by atoms with Crippen molar-refractivity contribution in [2.45, 2.75) is 45.6 Å². The third-order valence-corrected chi connectivity index (χ3v) is 5.50. The summed E-state index contributed by atoms with van der Waals surface area (Å²) in [6.07, 6.45) is 4.34. The van der Waals surface area contributed by atoms with Crippen molar-refractivity contribution in [3.05, 3.63) is 70.8 Å². The molecule has 1 saturated carbocycles. The molecule has 0 radical (unpaired) electrons. The first-order valence-electron chi connectivity index (χ1n) is 10.1. The van der Waals surface area contributed by atoms with Gasteiger partial charge in [-0.1, -0.05) is 67.8 Å². The van der Waals surface area contributed by atoms with Crippen molar-refractivity contribution >= 4 is 17.7 Å². The maximum absolute atomic E-state index is 12.8. The molecule has 0 aromatic heterocycles. The number of hydrogen-bond donors (Lipinski definition) is 1. The smallest absolute Gasteiger partial charge is 0.339 e. The average molecular weight is 393 g/mol. The molecule has 5 heteroatoms. The van der Waals surface area contributed by atoms with Crippen molar-refractivity contribution in [3.63, 3.8) is 0 Å². The van der Waals surface area contributed by atoms with Gasteiger partial charge in [0.15, 0.2) is 12.4 Å². The van der Waals surface area contributed by atoms with Gasteiger partial charge in [0.1, 0.15) is 0 Å². The van der Waals surface area contributed by atoms with Gasteiger partial charge in [-0.05, 0) is 31.7 Å². The molecule has 29 heavy (non-hydrogen) atoms. The normalized spacial score (nSPS) is 18.7. The lowest BCUT2D eigenvalue weighted by Gasteiger charge is -2.29. The number of esters is 1. The van der Waals surface area contributed by atoms with Crippen LogP contribution in [0, 0.1) is 12.8 Å². The third-order valence-electron chi connectivity index (χ3n) is 5.50. The highest BCUT2D eigenvalue weighted by Crippen LogP contribution is 2.23. The lowest BCUT2D eigenvalue weighted by atomic mass is 9.86. The zero-order valence-electron chi connectivity index (χ0n) is 16.9. The van der Waals surface area contributed by atoms with E-state index in [2.05, 4.69) is 12.2 Å². The van der Waals surface area contributed by atoms with E-state index in [1.807, 2.05) is 19.1 Å². The van der Waals surface area contributed by atoms with E-state index in [0.717, 1.165) is 24.8 Å². The Labute approximate surface area is 171 Å². The minimum absolute atomic E-state index is 0.130. The molecule has 2 atom stereocenters. The van der Waals surface area contributed by atoms with Crippen molar-refractivity contribution in [2.75, 3.05) is 6.61 Å². The number of carbonyl (C=O) groups is 3. The summed E-state index contributed by atoms with van der Waals surface area (Å²) >= 11 is 0. The monoisotopic (exact) mass is 393 g/mol. The van der Waals surface area contributed by atoms with E-state index in [0.29, 0.717) is 11.5 Å². The molecule has 2 aromatic carbocycles. The van der Waals surface area contributed by atoms with Crippen LogP contribution in [0.5, 0.6) is 0 Å². The Hall–Kier alpha value is -2.95. The summed E-state index contributed by atoms with van der Waals surface area (Å²) in [5.41, 5.74) is 1.98. The summed E-state index contributed by atoms with van der Waals surface area (Å²) in [6, 6.07) is 13.8. The number of hydrogen-bond acceptors (Lipinski definition) is 4. The highest BCUT2D eigenvalue weighted by molar-refractivity contribution is 6.14. The number of ether oxygens (including phenoxy) is 1. The first-order valence-corrected chi connectivity index (χ1v) is 10.1. The Morgan fingerprint density at radius 1 is 0.966 bits per heavy atom. The van der Waals surface area contributed by atoms with E-state index in [1.165, 1.54) is 6.42 Å². The fourth-order valence-corrected chi connectivity index (χ4v) is 3.71. The fourth-order valence-electron chi connectivity index (χ4n) is 3.71. The molecule has 0 aliphatic heterocycles. The first kappa shape index (κ1) is 20.8. The van der Waals surface area contributed by atoms with Crippen LogP contribution in [-0.4, -0.2) is 30.3 Å². The maximum Gasteiger partial charge on any atom is 0.339 e. The van der Waals surface area contributed by atoms with Gasteiger partial charge < -0.3 is 10.1 Å². The minimum Gasteiger partial charge on any atom is -0.452 e. The van der Waals surface area contributed by atoms with Gasteiger partial charge >= 0.3 is 5.97 Å². The second kappa shape index (κ2) is 9.50. The maximum atomic E-state index is 12.8. The molecule has 1 amide bonds. The predicted octanol–water partition coefficient (Wildman–Crippen LogP) is 4.08. The predicted molar refractivity (Wildman–Crippen MR) is 111 cm³/mol. The number of nitrogens with one attached hydrogen (secondary N) is 1. The van der Waals surface area contributed by atoms with E-state index >= 15 is 0 Å². The summed E-state index contributed by atoms with van der Waals surface area (Å²) in [7, 11) is 0. The summed E-state index contributed by atoms with van der Waals surface area (Å²) < 4.78 is 5.21. The van der Waals surface area contributed by atoms with Gasteiger partial charge in [0, 0.05) is 17.2 Å². The summed E-state index contributed by atoms with van der Waals surface area (Å²) in [6.45, 7) is 3.72. The van der Waals surface area contributed by atoms with Crippen molar-refractivity contribution in [2.24, 2.45) is 5.92 Å².